The van der Waals surface area contributed by atoms with Crippen LogP contribution in [0.4, 0.5) is 24.5 Å². The molecule has 0 spiro atoms. The minimum atomic E-state index is -4.77. The van der Waals surface area contributed by atoms with Gasteiger partial charge in [0.1, 0.15) is 0 Å². The topological polar surface area (TPSA) is 114 Å². The molecule has 3 aromatic rings. The van der Waals surface area contributed by atoms with Gasteiger partial charge in [-0.2, -0.15) is 13.2 Å². The Morgan fingerprint density at radius 1 is 0.875 bits per heavy atom. The van der Waals surface area contributed by atoms with Crippen LogP contribution in [0.25, 0.3) is 0 Å². The van der Waals surface area contributed by atoms with Gasteiger partial charge in [0.25, 0.3) is 11.8 Å². The molecule has 168 valence electrons. The lowest BCUT2D eigenvalue weighted by Crippen LogP contribution is -2.25. The van der Waals surface area contributed by atoms with Crippen LogP contribution in [0.15, 0.2) is 63.8 Å². The van der Waals surface area contributed by atoms with Crippen LogP contribution in [0, 0.1) is 0 Å². The average Bonchev–Trinajstić information content (AvgIpc) is 3.45. The standard InChI is InChI=1S/C21H18F3N3O5/c22-21(23,24)14-12-13(26-20(30)17-5-3-11-32-17)7-8-15(14)27-18(28)6-1-9-25-19(29)16-4-2-10-31-16/h2-5,7-8,10-12H,1,6,9H2,(H,25,29)(H,26,30)(H,27,28). The number of rotatable bonds is 8. The molecule has 0 bridgehead atoms. The molecule has 0 saturated carbocycles. The van der Waals surface area contributed by atoms with E-state index in [-0.39, 0.29) is 36.6 Å². The highest BCUT2D eigenvalue weighted by molar-refractivity contribution is 6.02. The Labute approximate surface area is 179 Å². The molecule has 3 amide bonds. The predicted molar refractivity (Wildman–Crippen MR) is 107 cm³/mol. The second kappa shape index (κ2) is 9.86. The lowest BCUT2D eigenvalue weighted by atomic mass is 10.1. The zero-order valence-corrected chi connectivity index (χ0v) is 16.5. The fraction of sp³-hybridized carbons (Fsp3) is 0.190. The first-order valence-corrected chi connectivity index (χ1v) is 9.41. The Morgan fingerprint density at radius 3 is 2.12 bits per heavy atom. The number of benzene rings is 1. The van der Waals surface area contributed by atoms with E-state index in [2.05, 4.69) is 16.0 Å². The zero-order valence-electron chi connectivity index (χ0n) is 16.5. The molecule has 2 heterocycles. The molecule has 32 heavy (non-hydrogen) atoms. The van der Waals surface area contributed by atoms with Crippen molar-refractivity contribution in [3.8, 4) is 0 Å². The van der Waals surface area contributed by atoms with Crippen LogP contribution in [0.2, 0.25) is 0 Å². The zero-order chi connectivity index (χ0) is 23.1. The summed E-state index contributed by atoms with van der Waals surface area (Å²) in [4.78, 5) is 35.8. The second-order valence-electron chi connectivity index (χ2n) is 6.57. The number of furan rings is 2. The number of carbonyl (C=O) groups excluding carboxylic acids is 3. The van der Waals surface area contributed by atoms with Gasteiger partial charge in [-0.05, 0) is 48.9 Å². The van der Waals surface area contributed by atoms with Gasteiger partial charge >= 0.3 is 6.18 Å². The quantitative estimate of drug-likeness (QED) is 0.444. The van der Waals surface area contributed by atoms with Crippen LogP contribution in [0.3, 0.4) is 0 Å². The number of anilines is 2. The molecule has 3 rings (SSSR count). The molecule has 3 N–H and O–H groups in total. The van der Waals surface area contributed by atoms with Crippen molar-refractivity contribution in [2.24, 2.45) is 0 Å². The Bertz CT molecular complexity index is 1080. The molecule has 0 saturated heterocycles. The summed E-state index contributed by atoms with van der Waals surface area (Å²) in [7, 11) is 0. The molecule has 0 aliphatic carbocycles. The van der Waals surface area contributed by atoms with Crippen molar-refractivity contribution in [3.05, 3.63) is 72.1 Å². The highest BCUT2D eigenvalue weighted by atomic mass is 19.4. The Hall–Kier alpha value is -4.02. The monoisotopic (exact) mass is 449 g/mol. The van der Waals surface area contributed by atoms with Gasteiger partial charge in [0.05, 0.1) is 23.8 Å². The Morgan fingerprint density at radius 2 is 1.53 bits per heavy atom. The van der Waals surface area contributed by atoms with Crippen molar-refractivity contribution in [1.29, 1.82) is 0 Å². The van der Waals surface area contributed by atoms with Crippen molar-refractivity contribution in [2.75, 3.05) is 17.2 Å². The molecule has 2 aromatic heterocycles. The van der Waals surface area contributed by atoms with Crippen LogP contribution in [0.5, 0.6) is 0 Å². The average molecular weight is 449 g/mol. The van der Waals surface area contributed by atoms with Gasteiger partial charge in [-0.25, -0.2) is 0 Å². The lowest BCUT2D eigenvalue weighted by molar-refractivity contribution is -0.136. The van der Waals surface area contributed by atoms with Gasteiger partial charge in [-0.3, -0.25) is 14.4 Å². The molecule has 0 aliphatic heterocycles. The van der Waals surface area contributed by atoms with Gasteiger partial charge in [-0.15, -0.1) is 0 Å². The fourth-order valence-electron chi connectivity index (χ4n) is 2.72. The maximum atomic E-state index is 13.5. The molecule has 1 aromatic carbocycles. The molecule has 0 atom stereocenters. The Kier molecular flexibility index (Phi) is 6.98. The van der Waals surface area contributed by atoms with Gasteiger partial charge in [0.2, 0.25) is 5.91 Å². The largest absolute Gasteiger partial charge is 0.459 e. The van der Waals surface area contributed by atoms with Crippen LogP contribution in [-0.4, -0.2) is 24.3 Å². The summed E-state index contributed by atoms with van der Waals surface area (Å²) in [5.41, 5.74) is -1.68. The van der Waals surface area contributed by atoms with E-state index in [9.17, 15) is 27.6 Å². The number of amides is 3. The summed E-state index contributed by atoms with van der Waals surface area (Å²) in [5, 5.41) is 7.06. The van der Waals surface area contributed by atoms with Crippen molar-refractivity contribution in [2.45, 2.75) is 19.0 Å². The fourth-order valence-corrected chi connectivity index (χ4v) is 2.72. The normalized spacial score (nSPS) is 11.1. The van der Waals surface area contributed by atoms with E-state index >= 15 is 0 Å². The SMILES string of the molecule is O=C(CCCNC(=O)c1ccco1)Nc1ccc(NC(=O)c2ccco2)cc1C(F)(F)F. The number of alkyl halides is 3. The smallest absolute Gasteiger partial charge is 0.418 e. The lowest BCUT2D eigenvalue weighted by Gasteiger charge is -2.15. The third-order valence-corrected chi connectivity index (χ3v) is 4.21. The summed E-state index contributed by atoms with van der Waals surface area (Å²) in [6, 6.07) is 8.87. The van der Waals surface area contributed by atoms with Crippen LogP contribution in [-0.2, 0) is 11.0 Å². The van der Waals surface area contributed by atoms with Crippen LogP contribution >= 0.6 is 0 Å². The minimum absolute atomic E-state index is 0.0601. The third-order valence-electron chi connectivity index (χ3n) is 4.21. The predicted octanol–water partition coefficient (Wildman–Crippen LogP) is 4.29. The molecule has 0 aliphatic rings. The molecular weight excluding hydrogens is 431 g/mol. The van der Waals surface area contributed by atoms with Crippen molar-refractivity contribution in [3.63, 3.8) is 0 Å². The van der Waals surface area contributed by atoms with E-state index in [1.165, 1.54) is 36.8 Å². The van der Waals surface area contributed by atoms with E-state index in [0.717, 1.165) is 12.1 Å². The summed E-state index contributed by atoms with van der Waals surface area (Å²) in [6.07, 6.45) is -2.08. The minimum Gasteiger partial charge on any atom is -0.459 e. The van der Waals surface area contributed by atoms with Crippen molar-refractivity contribution < 1.29 is 36.4 Å². The van der Waals surface area contributed by atoms with Crippen molar-refractivity contribution in [1.82, 2.24) is 5.32 Å². The molecule has 8 nitrogen and oxygen atoms in total. The molecule has 0 fully saturated rings. The molecular formula is C21H18F3N3O5. The maximum absolute atomic E-state index is 13.5. The summed E-state index contributed by atoms with van der Waals surface area (Å²) in [6.45, 7) is 0.136. The maximum Gasteiger partial charge on any atom is 0.418 e. The van der Waals surface area contributed by atoms with E-state index in [0.29, 0.717) is 0 Å². The number of carbonyl (C=O) groups is 3. The number of nitrogens with one attached hydrogen (secondary N) is 3. The van der Waals surface area contributed by atoms with E-state index < -0.39 is 35.1 Å². The third kappa shape index (κ3) is 6.00. The van der Waals surface area contributed by atoms with Gasteiger partial charge in [0, 0.05) is 18.7 Å². The molecule has 0 radical (unpaired) electrons. The first-order chi connectivity index (χ1) is 15.2. The Balaban J connectivity index is 1.57. The first-order valence-electron chi connectivity index (χ1n) is 9.41. The molecule has 11 heteroatoms. The summed E-state index contributed by atoms with van der Waals surface area (Å²) >= 11 is 0. The van der Waals surface area contributed by atoms with Gasteiger partial charge in [0.15, 0.2) is 11.5 Å². The molecule has 0 unspecified atom stereocenters. The van der Waals surface area contributed by atoms with E-state index in [1.807, 2.05) is 0 Å². The first kappa shape index (κ1) is 22.7. The van der Waals surface area contributed by atoms with Gasteiger partial charge < -0.3 is 24.8 Å². The number of hydrogen-bond donors (Lipinski definition) is 3. The van der Waals surface area contributed by atoms with E-state index in [1.54, 1.807) is 6.07 Å². The number of hydrogen-bond acceptors (Lipinski definition) is 5. The van der Waals surface area contributed by atoms with Crippen molar-refractivity contribution >= 4 is 29.1 Å². The van der Waals surface area contributed by atoms with Crippen LogP contribution < -0.4 is 16.0 Å². The highest BCUT2D eigenvalue weighted by Crippen LogP contribution is 2.36. The van der Waals surface area contributed by atoms with Gasteiger partial charge in [-0.1, -0.05) is 0 Å². The second-order valence-corrected chi connectivity index (χ2v) is 6.57. The number of halogens is 3. The van der Waals surface area contributed by atoms with Crippen LogP contribution in [0.1, 0.15) is 39.5 Å². The highest BCUT2D eigenvalue weighted by Gasteiger charge is 2.34. The van der Waals surface area contributed by atoms with E-state index in [4.69, 9.17) is 8.83 Å². The summed E-state index contributed by atoms with van der Waals surface area (Å²) < 4.78 is 50.3. The summed E-state index contributed by atoms with van der Waals surface area (Å²) in [5.74, 6) is -1.77.